The maximum Gasteiger partial charge on any atom is 0.417 e. The van der Waals surface area contributed by atoms with Crippen LogP contribution in [0.5, 0.6) is 0 Å². The molecule has 7 heteroatoms. The number of fused-ring (bicyclic) bond motifs is 1. The molecule has 6 nitrogen and oxygen atoms in total. The van der Waals surface area contributed by atoms with Crippen molar-refractivity contribution in [3.63, 3.8) is 0 Å². The van der Waals surface area contributed by atoms with Gasteiger partial charge in [0.05, 0.1) is 10.9 Å². The second-order valence-corrected chi connectivity index (χ2v) is 6.74. The molecule has 2 aliphatic rings. The lowest BCUT2D eigenvalue weighted by Crippen LogP contribution is -2.41. The number of hydrogen-bond donors (Lipinski definition) is 0. The number of nitrogens with zero attached hydrogens (tertiary/aromatic N) is 2. The van der Waals surface area contributed by atoms with E-state index in [1.54, 1.807) is 4.90 Å². The fraction of sp³-hybridized carbons (Fsp3) is 0.312. The fourth-order valence-corrected chi connectivity index (χ4v) is 4.13. The van der Waals surface area contributed by atoms with E-state index in [2.05, 4.69) is 0 Å². The number of benzene rings is 1. The van der Waals surface area contributed by atoms with E-state index < -0.39 is 6.09 Å². The lowest BCUT2D eigenvalue weighted by molar-refractivity contribution is -0.127. The first-order valence-corrected chi connectivity index (χ1v) is 8.22. The average Bonchev–Trinajstić information content (AvgIpc) is 3.25. The van der Waals surface area contributed by atoms with Gasteiger partial charge < -0.3 is 9.64 Å². The molecule has 0 N–H and O–H groups in total. The quantitative estimate of drug-likeness (QED) is 0.846. The molecule has 118 valence electrons. The summed E-state index contributed by atoms with van der Waals surface area (Å²) in [6.07, 6.45) is -0.00606. The zero-order valence-corrected chi connectivity index (χ0v) is 13.0. The Morgan fingerprint density at radius 2 is 2.09 bits per heavy atom. The Kier molecular flexibility index (Phi) is 3.30. The molecule has 0 spiro atoms. The molecule has 0 aliphatic carbocycles. The van der Waals surface area contributed by atoms with Crippen LogP contribution >= 0.6 is 11.3 Å². The molecule has 2 saturated heterocycles. The van der Waals surface area contributed by atoms with Crippen LogP contribution < -0.4 is 0 Å². The number of rotatable bonds is 2. The van der Waals surface area contributed by atoms with E-state index in [1.807, 2.05) is 30.3 Å². The summed E-state index contributed by atoms with van der Waals surface area (Å²) in [4.78, 5) is 39.5. The highest BCUT2D eigenvalue weighted by molar-refractivity contribution is 7.20. The Balaban J connectivity index is 1.52. The fourth-order valence-electron chi connectivity index (χ4n) is 3.10. The van der Waals surface area contributed by atoms with Gasteiger partial charge in [0, 0.05) is 17.8 Å². The molecule has 2 aromatic rings. The van der Waals surface area contributed by atoms with Crippen molar-refractivity contribution >= 4 is 39.3 Å². The lowest BCUT2D eigenvalue weighted by atomic mass is 10.2. The number of carbonyl (C=O) groups excluding carboxylic acids is 3. The van der Waals surface area contributed by atoms with Gasteiger partial charge in [0.2, 0.25) is 0 Å². The Hall–Kier alpha value is -2.41. The number of cyclic esters (lactones) is 1. The number of likely N-dealkylation sites (tertiary alicyclic amines) is 1. The maximum atomic E-state index is 12.7. The van der Waals surface area contributed by atoms with E-state index in [1.165, 1.54) is 11.3 Å². The zero-order chi connectivity index (χ0) is 16.0. The summed E-state index contributed by atoms with van der Waals surface area (Å²) in [5.41, 5.74) is 0. The van der Waals surface area contributed by atoms with Gasteiger partial charge in [-0.3, -0.25) is 9.59 Å². The van der Waals surface area contributed by atoms with Crippen molar-refractivity contribution in [2.75, 3.05) is 19.7 Å². The van der Waals surface area contributed by atoms with Crippen LogP contribution in [-0.2, 0) is 9.53 Å². The topological polar surface area (TPSA) is 66.9 Å². The Morgan fingerprint density at radius 3 is 2.83 bits per heavy atom. The van der Waals surface area contributed by atoms with Crippen LogP contribution in [0.15, 0.2) is 30.3 Å². The van der Waals surface area contributed by atoms with E-state index in [-0.39, 0.29) is 24.5 Å². The first kappa shape index (κ1) is 14.2. The van der Waals surface area contributed by atoms with Crippen LogP contribution in [0, 0.1) is 0 Å². The van der Waals surface area contributed by atoms with E-state index in [9.17, 15) is 14.4 Å². The molecule has 0 radical (unpaired) electrons. The summed E-state index contributed by atoms with van der Waals surface area (Å²) in [6, 6.07) is 9.47. The van der Waals surface area contributed by atoms with Crippen molar-refractivity contribution in [2.24, 2.45) is 0 Å². The summed E-state index contributed by atoms with van der Waals surface area (Å²) < 4.78 is 5.82. The monoisotopic (exact) mass is 330 g/mol. The lowest BCUT2D eigenvalue weighted by Gasteiger charge is -2.20. The second-order valence-electron chi connectivity index (χ2n) is 5.66. The van der Waals surface area contributed by atoms with Crippen LogP contribution in [0.2, 0.25) is 0 Å². The number of amides is 3. The van der Waals surface area contributed by atoms with Gasteiger partial charge in [0.1, 0.15) is 0 Å². The molecule has 1 unspecified atom stereocenters. The number of carbonyl (C=O) groups is 3. The molecule has 0 saturated carbocycles. The van der Waals surface area contributed by atoms with Gasteiger partial charge >= 0.3 is 6.09 Å². The smallest absolute Gasteiger partial charge is 0.417 e. The molecular formula is C16H14N2O4S. The zero-order valence-electron chi connectivity index (χ0n) is 12.2. The Morgan fingerprint density at radius 1 is 1.26 bits per heavy atom. The van der Waals surface area contributed by atoms with Crippen LogP contribution in [0.1, 0.15) is 16.1 Å². The minimum Gasteiger partial charge on any atom is -0.439 e. The summed E-state index contributed by atoms with van der Waals surface area (Å²) in [7, 11) is 0. The van der Waals surface area contributed by atoms with E-state index in [0.717, 1.165) is 15.0 Å². The van der Waals surface area contributed by atoms with E-state index in [4.69, 9.17) is 4.74 Å². The van der Waals surface area contributed by atoms with Gasteiger partial charge in [0.15, 0.2) is 6.61 Å². The molecule has 4 rings (SSSR count). The molecular weight excluding hydrogens is 316 g/mol. The highest BCUT2D eigenvalue weighted by atomic mass is 32.1. The van der Waals surface area contributed by atoms with Gasteiger partial charge in [-0.15, -0.1) is 11.3 Å². The Bertz CT molecular complexity index is 766. The number of ether oxygens (including phenoxy) is 1. The van der Waals surface area contributed by atoms with Crippen molar-refractivity contribution in [3.8, 4) is 0 Å². The molecule has 1 aromatic carbocycles. The summed E-state index contributed by atoms with van der Waals surface area (Å²) in [5.74, 6) is -0.370. The number of imide groups is 1. The third-order valence-corrected chi connectivity index (χ3v) is 5.34. The van der Waals surface area contributed by atoms with Gasteiger partial charge in [-0.25, -0.2) is 9.69 Å². The van der Waals surface area contributed by atoms with Gasteiger partial charge in [-0.2, -0.15) is 0 Å². The SMILES string of the molecule is O=C(c1cc2ccccc2s1)N1CCC(N2C(=O)COC2=O)C1. The van der Waals surface area contributed by atoms with E-state index in [0.29, 0.717) is 24.4 Å². The third-order valence-electron chi connectivity index (χ3n) is 4.24. The molecule has 2 aliphatic heterocycles. The average molecular weight is 330 g/mol. The van der Waals surface area contributed by atoms with Crippen molar-refractivity contribution in [1.29, 1.82) is 0 Å². The molecule has 3 amide bonds. The predicted octanol–water partition coefficient (Wildman–Crippen LogP) is 2.09. The summed E-state index contributed by atoms with van der Waals surface area (Å²) >= 11 is 1.46. The van der Waals surface area contributed by atoms with Crippen molar-refractivity contribution in [1.82, 2.24) is 9.80 Å². The second kappa shape index (κ2) is 5.34. The van der Waals surface area contributed by atoms with Gasteiger partial charge in [0.25, 0.3) is 11.8 Å². The maximum absolute atomic E-state index is 12.7. The number of hydrogen-bond acceptors (Lipinski definition) is 5. The van der Waals surface area contributed by atoms with Crippen molar-refractivity contribution < 1.29 is 19.1 Å². The summed E-state index contributed by atoms with van der Waals surface area (Å²) in [6.45, 7) is 0.711. The highest BCUT2D eigenvalue weighted by Gasteiger charge is 2.41. The van der Waals surface area contributed by atoms with Crippen LogP contribution in [0.25, 0.3) is 10.1 Å². The minimum absolute atomic E-state index is 0.0475. The minimum atomic E-state index is -0.601. The molecule has 1 atom stereocenters. The van der Waals surface area contributed by atoms with Crippen molar-refractivity contribution in [2.45, 2.75) is 12.5 Å². The summed E-state index contributed by atoms with van der Waals surface area (Å²) in [5, 5.41) is 1.05. The molecule has 0 bridgehead atoms. The third kappa shape index (κ3) is 2.37. The standard InChI is InChI=1S/C16H14N2O4S/c19-14-9-22-16(21)18(14)11-5-6-17(8-11)15(20)13-7-10-3-1-2-4-12(10)23-13/h1-4,7,11H,5-6,8-9H2. The molecule has 1 aromatic heterocycles. The van der Waals surface area contributed by atoms with E-state index >= 15 is 0 Å². The normalized spacial score (nSPS) is 21.3. The van der Waals surface area contributed by atoms with Crippen LogP contribution in [-0.4, -0.2) is 53.4 Å². The predicted molar refractivity (Wildman–Crippen MR) is 84.3 cm³/mol. The molecule has 23 heavy (non-hydrogen) atoms. The molecule has 2 fully saturated rings. The highest BCUT2D eigenvalue weighted by Crippen LogP contribution is 2.28. The van der Waals surface area contributed by atoms with Crippen molar-refractivity contribution in [3.05, 3.63) is 35.2 Å². The largest absolute Gasteiger partial charge is 0.439 e. The van der Waals surface area contributed by atoms with Gasteiger partial charge in [-0.05, 0) is 23.9 Å². The van der Waals surface area contributed by atoms with Crippen LogP contribution in [0.3, 0.4) is 0 Å². The molecule has 3 heterocycles. The first-order chi connectivity index (χ1) is 11.1. The number of thiophene rings is 1. The van der Waals surface area contributed by atoms with Crippen LogP contribution in [0.4, 0.5) is 4.79 Å². The first-order valence-electron chi connectivity index (χ1n) is 7.40. The van der Waals surface area contributed by atoms with Gasteiger partial charge in [-0.1, -0.05) is 18.2 Å². The Labute approximate surface area is 136 Å².